The van der Waals surface area contributed by atoms with Crippen molar-refractivity contribution in [2.45, 2.75) is 6.92 Å². The molecule has 31 heavy (non-hydrogen) atoms. The van der Waals surface area contributed by atoms with Crippen LogP contribution in [0.15, 0.2) is 95.4 Å². The number of amides is 2. The number of carbonyl (C=O) groups excluding carboxylic acids is 2. The second-order valence-electron chi connectivity index (χ2n) is 6.79. The predicted molar refractivity (Wildman–Crippen MR) is 118 cm³/mol. The molecule has 0 bridgehead atoms. The third-order valence-electron chi connectivity index (χ3n) is 4.51. The number of hydrogen-bond donors (Lipinski definition) is 2. The summed E-state index contributed by atoms with van der Waals surface area (Å²) < 4.78 is 6.99. The fourth-order valence-corrected chi connectivity index (χ4v) is 2.93. The summed E-state index contributed by atoms with van der Waals surface area (Å²) in [5.41, 5.74) is 2.13. The number of aryl methyl sites for hydroxylation is 1. The van der Waals surface area contributed by atoms with Crippen LogP contribution in [0.2, 0.25) is 0 Å². The van der Waals surface area contributed by atoms with Gasteiger partial charge in [0.05, 0.1) is 12.0 Å². The quantitative estimate of drug-likeness (QED) is 0.465. The Kier molecular flexibility index (Phi) is 5.75. The maximum Gasteiger partial charge on any atom is 0.273 e. The summed E-state index contributed by atoms with van der Waals surface area (Å²) in [6.45, 7) is 1.85. The second kappa shape index (κ2) is 8.96. The second-order valence-corrected chi connectivity index (χ2v) is 6.79. The first-order chi connectivity index (χ1) is 15.1. The number of nitrogens with zero attached hydrogens (tertiary/aromatic N) is 2. The minimum atomic E-state index is -0.512. The largest absolute Gasteiger partial charge is 0.465 e. The van der Waals surface area contributed by atoms with Crippen molar-refractivity contribution in [3.63, 3.8) is 0 Å². The van der Waals surface area contributed by atoms with Gasteiger partial charge in [-0.3, -0.25) is 9.59 Å². The Labute approximate surface area is 179 Å². The standard InChI is InChI=1S/C24H20N4O3/c1-17-16-28(19-11-6-3-7-12-19)27-22(17)26-24(30)21(15-20-13-8-14-31-20)25-23(29)18-9-4-2-5-10-18/h2-16H,1H3,(H,25,29)(H,26,27,30). The predicted octanol–water partition coefficient (Wildman–Crippen LogP) is 4.18. The van der Waals surface area contributed by atoms with Gasteiger partial charge >= 0.3 is 0 Å². The van der Waals surface area contributed by atoms with Gasteiger partial charge < -0.3 is 15.1 Å². The Morgan fingerprint density at radius 1 is 0.968 bits per heavy atom. The van der Waals surface area contributed by atoms with E-state index in [1.807, 2.05) is 49.5 Å². The molecule has 0 radical (unpaired) electrons. The van der Waals surface area contributed by atoms with E-state index in [1.54, 1.807) is 41.1 Å². The highest BCUT2D eigenvalue weighted by atomic mass is 16.3. The van der Waals surface area contributed by atoms with E-state index >= 15 is 0 Å². The molecule has 2 aromatic carbocycles. The van der Waals surface area contributed by atoms with E-state index in [-0.39, 0.29) is 5.70 Å². The van der Waals surface area contributed by atoms with Crippen LogP contribution in [0.25, 0.3) is 11.8 Å². The van der Waals surface area contributed by atoms with Crippen LogP contribution in [0, 0.1) is 6.92 Å². The van der Waals surface area contributed by atoms with Crippen LogP contribution in [0.5, 0.6) is 0 Å². The van der Waals surface area contributed by atoms with Crippen LogP contribution < -0.4 is 10.6 Å². The molecule has 0 aliphatic carbocycles. The molecule has 0 aliphatic heterocycles. The summed E-state index contributed by atoms with van der Waals surface area (Å²) in [7, 11) is 0. The van der Waals surface area contributed by atoms with Crippen LogP contribution >= 0.6 is 0 Å². The molecule has 4 rings (SSSR count). The summed E-state index contributed by atoms with van der Waals surface area (Å²) in [6.07, 6.45) is 4.79. The fourth-order valence-electron chi connectivity index (χ4n) is 2.93. The molecule has 2 aromatic heterocycles. The first-order valence-corrected chi connectivity index (χ1v) is 9.65. The van der Waals surface area contributed by atoms with Crippen molar-refractivity contribution in [2.75, 3.05) is 5.32 Å². The third kappa shape index (κ3) is 4.79. The van der Waals surface area contributed by atoms with Crippen molar-refractivity contribution in [1.29, 1.82) is 0 Å². The van der Waals surface area contributed by atoms with E-state index in [2.05, 4.69) is 15.7 Å². The zero-order valence-corrected chi connectivity index (χ0v) is 16.8. The lowest BCUT2D eigenvalue weighted by Gasteiger charge is -2.10. The Hall–Kier alpha value is -4.39. The Bertz CT molecular complexity index is 1210. The van der Waals surface area contributed by atoms with Crippen LogP contribution in [-0.4, -0.2) is 21.6 Å². The molecule has 0 saturated heterocycles. The topological polar surface area (TPSA) is 89.2 Å². The highest BCUT2D eigenvalue weighted by molar-refractivity contribution is 6.10. The number of aromatic nitrogens is 2. The van der Waals surface area contributed by atoms with E-state index in [1.165, 1.54) is 12.3 Å². The maximum absolute atomic E-state index is 13.0. The maximum atomic E-state index is 13.0. The molecule has 7 nitrogen and oxygen atoms in total. The molecule has 4 aromatic rings. The van der Waals surface area contributed by atoms with E-state index in [0.29, 0.717) is 17.1 Å². The van der Waals surface area contributed by atoms with Gasteiger partial charge in [0.1, 0.15) is 11.5 Å². The normalized spacial score (nSPS) is 11.2. The number of hydrogen-bond acceptors (Lipinski definition) is 4. The first kappa shape index (κ1) is 19.9. The molecule has 0 fully saturated rings. The summed E-state index contributed by atoms with van der Waals surface area (Å²) in [5, 5.41) is 9.90. The number of benzene rings is 2. The average molecular weight is 412 g/mol. The van der Waals surface area contributed by atoms with Gasteiger partial charge in [-0.25, -0.2) is 4.68 Å². The molecule has 2 N–H and O–H groups in total. The van der Waals surface area contributed by atoms with Gasteiger partial charge in [0.15, 0.2) is 5.82 Å². The first-order valence-electron chi connectivity index (χ1n) is 9.65. The Balaban J connectivity index is 1.58. The lowest BCUT2D eigenvalue weighted by Crippen LogP contribution is -2.31. The van der Waals surface area contributed by atoms with Crippen molar-refractivity contribution in [2.24, 2.45) is 0 Å². The zero-order valence-electron chi connectivity index (χ0n) is 16.8. The molecule has 2 amide bonds. The van der Waals surface area contributed by atoms with Gasteiger partial charge in [0.2, 0.25) is 0 Å². The molecule has 0 saturated carbocycles. The number of anilines is 1. The summed E-state index contributed by atoms with van der Waals surface area (Å²) >= 11 is 0. The van der Waals surface area contributed by atoms with Crippen molar-refractivity contribution in [3.05, 3.63) is 108 Å². The molecular formula is C24H20N4O3. The van der Waals surface area contributed by atoms with Crippen LogP contribution in [0.1, 0.15) is 21.7 Å². The van der Waals surface area contributed by atoms with Gasteiger partial charge in [-0.05, 0) is 43.3 Å². The number of nitrogens with one attached hydrogen (secondary N) is 2. The number of carbonyl (C=O) groups is 2. The van der Waals surface area contributed by atoms with Crippen molar-refractivity contribution in [1.82, 2.24) is 15.1 Å². The smallest absolute Gasteiger partial charge is 0.273 e. The highest BCUT2D eigenvalue weighted by Gasteiger charge is 2.18. The van der Waals surface area contributed by atoms with Crippen molar-refractivity contribution in [3.8, 4) is 5.69 Å². The number of rotatable bonds is 6. The van der Waals surface area contributed by atoms with E-state index in [0.717, 1.165) is 11.3 Å². The van der Waals surface area contributed by atoms with Gasteiger partial charge in [-0.1, -0.05) is 36.4 Å². The summed E-state index contributed by atoms with van der Waals surface area (Å²) in [4.78, 5) is 25.6. The van der Waals surface area contributed by atoms with Gasteiger partial charge in [0, 0.05) is 23.4 Å². The van der Waals surface area contributed by atoms with E-state index < -0.39 is 11.8 Å². The third-order valence-corrected chi connectivity index (χ3v) is 4.51. The zero-order chi connectivity index (χ0) is 21.6. The number of furan rings is 1. The minimum Gasteiger partial charge on any atom is -0.465 e. The summed E-state index contributed by atoms with van der Waals surface area (Å²) in [6, 6.07) is 21.6. The van der Waals surface area contributed by atoms with Crippen LogP contribution in [0.4, 0.5) is 5.82 Å². The minimum absolute atomic E-state index is 0.0393. The van der Waals surface area contributed by atoms with E-state index in [9.17, 15) is 9.59 Å². The van der Waals surface area contributed by atoms with Gasteiger partial charge in [-0.15, -0.1) is 5.10 Å². The van der Waals surface area contributed by atoms with E-state index in [4.69, 9.17) is 4.42 Å². The molecule has 0 aliphatic rings. The molecule has 0 unspecified atom stereocenters. The number of para-hydroxylation sites is 1. The van der Waals surface area contributed by atoms with Gasteiger partial charge in [-0.2, -0.15) is 0 Å². The Morgan fingerprint density at radius 3 is 2.35 bits per heavy atom. The summed E-state index contributed by atoms with van der Waals surface area (Å²) in [5.74, 6) is -0.0830. The fraction of sp³-hybridized carbons (Fsp3) is 0.0417. The molecule has 7 heteroatoms. The van der Waals surface area contributed by atoms with Crippen LogP contribution in [-0.2, 0) is 4.79 Å². The molecular weight excluding hydrogens is 392 g/mol. The Morgan fingerprint density at radius 2 is 1.68 bits per heavy atom. The van der Waals surface area contributed by atoms with Gasteiger partial charge in [0.25, 0.3) is 11.8 Å². The average Bonchev–Trinajstić information content (AvgIpc) is 3.44. The van der Waals surface area contributed by atoms with Crippen LogP contribution in [0.3, 0.4) is 0 Å². The lowest BCUT2D eigenvalue weighted by molar-refractivity contribution is -0.113. The highest BCUT2D eigenvalue weighted by Crippen LogP contribution is 2.17. The molecule has 0 atom stereocenters. The molecule has 0 spiro atoms. The molecule has 2 heterocycles. The lowest BCUT2D eigenvalue weighted by atomic mass is 10.2. The SMILES string of the molecule is Cc1cn(-c2ccccc2)nc1NC(=O)C(=Cc1ccco1)NC(=O)c1ccccc1. The molecule has 154 valence electrons. The van der Waals surface area contributed by atoms with Crippen molar-refractivity contribution < 1.29 is 14.0 Å². The van der Waals surface area contributed by atoms with Crippen molar-refractivity contribution >= 4 is 23.7 Å². The monoisotopic (exact) mass is 412 g/mol.